The maximum Gasteiger partial charge on any atom is 0.296 e. The first-order chi connectivity index (χ1) is 17.7. The Bertz CT molecular complexity index is 1550. The highest BCUT2D eigenvalue weighted by Gasteiger charge is 2.46. The Morgan fingerprint density at radius 3 is 2.59 bits per heavy atom. The molecule has 188 valence electrons. The van der Waals surface area contributed by atoms with E-state index >= 15 is 0 Å². The van der Waals surface area contributed by atoms with E-state index in [1.807, 2.05) is 0 Å². The molecular weight excluding hydrogens is 555 g/mol. The average Bonchev–Trinajstić information content (AvgIpc) is 3.54. The van der Waals surface area contributed by atoms with Crippen molar-refractivity contribution in [2.24, 2.45) is 0 Å². The standard InChI is InChI=1S/C25H18ClFN4O3S3/c1-12-22(36-13(2)28-12)20(32)18-19(15-4-3-5-16(26)10-15)31(23(34)21(18)33)24-29-30-25(37-24)35-11-14-6-8-17(27)9-7-14/h3-10,19,33H,11H2,1-2H3. The lowest BCUT2D eigenvalue weighted by atomic mass is 9.95. The molecule has 7 nitrogen and oxygen atoms in total. The van der Waals surface area contributed by atoms with Gasteiger partial charge in [0.05, 0.1) is 27.2 Å². The number of nitrogens with zero attached hydrogens (tertiary/aromatic N) is 4. The van der Waals surface area contributed by atoms with Gasteiger partial charge in [-0.05, 0) is 49.2 Å². The monoisotopic (exact) mass is 572 g/mol. The normalized spacial score (nSPS) is 15.6. The lowest BCUT2D eigenvalue weighted by Crippen LogP contribution is -2.31. The van der Waals surface area contributed by atoms with E-state index in [9.17, 15) is 19.1 Å². The maximum atomic E-state index is 13.6. The van der Waals surface area contributed by atoms with Crippen molar-refractivity contribution >= 4 is 62.9 Å². The zero-order valence-electron chi connectivity index (χ0n) is 19.4. The molecule has 12 heteroatoms. The number of carbonyl (C=O) groups is 2. The Morgan fingerprint density at radius 2 is 1.92 bits per heavy atom. The first-order valence-corrected chi connectivity index (χ1v) is 13.9. The molecule has 5 rings (SSSR count). The molecule has 37 heavy (non-hydrogen) atoms. The molecule has 1 atom stereocenters. The minimum absolute atomic E-state index is 0.0604. The maximum absolute atomic E-state index is 13.6. The number of rotatable bonds is 7. The zero-order valence-corrected chi connectivity index (χ0v) is 22.6. The number of anilines is 1. The van der Waals surface area contributed by atoms with Gasteiger partial charge in [-0.25, -0.2) is 9.37 Å². The van der Waals surface area contributed by atoms with Crippen molar-refractivity contribution < 1.29 is 19.1 Å². The summed E-state index contributed by atoms with van der Waals surface area (Å²) in [6, 6.07) is 12.0. The number of ketones is 1. The summed E-state index contributed by atoms with van der Waals surface area (Å²) in [4.78, 5) is 32.9. The summed E-state index contributed by atoms with van der Waals surface area (Å²) in [6.07, 6.45) is 0. The van der Waals surface area contributed by atoms with Crippen LogP contribution in [0.25, 0.3) is 0 Å². The molecule has 0 saturated carbocycles. The first-order valence-electron chi connectivity index (χ1n) is 10.9. The fourth-order valence-electron chi connectivity index (χ4n) is 3.97. The summed E-state index contributed by atoms with van der Waals surface area (Å²) in [5.74, 6) is -1.66. The zero-order chi connectivity index (χ0) is 26.3. The van der Waals surface area contributed by atoms with Gasteiger partial charge in [-0.15, -0.1) is 21.5 Å². The van der Waals surface area contributed by atoms with Crippen molar-refractivity contribution in [3.05, 3.63) is 97.4 Å². The lowest BCUT2D eigenvalue weighted by Gasteiger charge is -2.24. The van der Waals surface area contributed by atoms with Gasteiger partial charge in [0, 0.05) is 10.8 Å². The number of hydrogen-bond acceptors (Lipinski definition) is 9. The first kappa shape index (κ1) is 25.5. The smallest absolute Gasteiger partial charge is 0.296 e. The van der Waals surface area contributed by atoms with Crippen molar-refractivity contribution in [3.63, 3.8) is 0 Å². The number of carbonyl (C=O) groups excluding carboxylic acids is 2. The predicted molar refractivity (Wildman–Crippen MR) is 143 cm³/mol. The molecule has 0 aliphatic carbocycles. The van der Waals surface area contributed by atoms with E-state index in [1.165, 1.54) is 40.1 Å². The third-order valence-corrected chi connectivity index (χ3v) is 9.04. The number of aryl methyl sites for hydroxylation is 2. The Morgan fingerprint density at radius 1 is 1.16 bits per heavy atom. The number of aliphatic hydroxyl groups excluding tert-OH is 1. The van der Waals surface area contributed by atoms with Crippen LogP contribution in [-0.4, -0.2) is 32.0 Å². The fraction of sp³-hybridized carbons (Fsp3) is 0.160. The molecule has 4 aromatic rings. The topological polar surface area (TPSA) is 96.3 Å². The van der Waals surface area contributed by atoms with Crippen LogP contribution >= 0.6 is 46.0 Å². The van der Waals surface area contributed by atoms with Crippen LogP contribution in [0.5, 0.6) is 0 Å². The van der Waals surface area contributed by atoms with Crippen LogP contribution in [-0.2, 0) is 10.5 Å². The predicted octanol–water partition coefficient (Wildman–Crippen LogP) is 6.48. The third-order valence-electron chi connectivity index (χ3n) is 5.60. The number of halogens is 2. The summed E-state index contributed by atoms with van der Waals surface area (Å²) in [5.41, 5.74) is 1.91. The molecule has 1 aliphatic heterocycles. The van der Waals surface area contributed by atoms with Gasteiger partial charge in [-0.1, -0.05) is 59.0 Å². The SMILES string of the molecule is Cc1nc(C)c(C(=O)C2=C(O)C(=O)N(c3nnc(SCc4ccc(F)cc4)s3)C2c2cccc(Cl)c2)s1. The second-order valence-corrected chi connectivity index (χ2v) is 12.0. The molecule has 0 radical (unpaired) electrons. The summed E-state index contributed by atoms with van der Waals surface area (Å²) in [7, 11) is 0. The van der Waals surface area contributed by atoms with Crippen molar-refractivity contribution in [3.8, 4) is 0 Å². The molecule has 3 heterocycles. The van der Waals surface area contributed by atoms with E-state index in [-0.39, 0.29) is 16.5 Å². The lowest BCUT2D eigenvalue weighted by molar-refractivity contribution is -0.117. The van der Waals surface area contributed by atoms with E-state index in [2.05, 4.69) is 15.2 Å². The molecule has 2 aromatic heterocycles. The van der Waals surface area contributed by atoms with Gasteiger partial charge >= 0.3 is 0 Å². The fourth-order valence-corrected chi connectivity index (χ4v) is 6.87. The molecule has 1 aliphatic rings. The highest BCUT2D eigenvalue weighted by molar-refractivity contribution is 8.00. The van der Waals surface area contributed by atoms with Crippen molar-refractivity contribution in [2.75, 3.05) is 4.90 Å². The Kier molecular flexibility index (Phi) is 7.13. The quantitative estimate of drug-likeness (QED) is 0.154. The molecule has 0 spiro atoms. The molecule has 1 unspecified atom stereocenters. The van der Waals surface area contributed by atoms with Gasteiger partial charge < -0.3 is 5.11 Å². The Balaban J connectivity index is 1.51. The van der Waals surface area contributed by atoms with Crippen LogP contribution < -0.4 is 4.90 Å². The number of benzene rings is 2. The number of thiazole rings is 1. The minimum Gasteiger partial charge on any atom is -0.503 e. The summed E-state index contributed by atoms with van der Waals surface area (Å²) < 4.78 is 13.8. The van der Waals surface area contributed by atoms with E-state index in [1.54, 1.807) is 50.2 Å². The number of amides is 1. The summed E-state index contributed by atoms with van der Waals surface area (Å²) >= 11 is 10.00. The van der Waals surface area contributed by atoms with Gasteiger partial charge in [0.25, 0.3) is 5.91 Å². The van der Waals surface area contributed by atoms with Crippen LogP contribution in [0, 0.1) is 19.7 Å². The number of hydrogen-bond donors (Lipinski definition) is 1. The van der Waals surface area contributed by atoms with Crippen LogP contribution in [0.15, 0.2) is 64.2 Å². The van der Waals surface area contributed by atoms with Gasteiger partial charge in [0.15, 0.2) is 10.1 Å². The second kappa shape index (κ2) is 10.3. The van der Waals surface area contributed by atoms with Gasteiger partial charge in [0.1, 0.15) is 5.82 Å². The highest BCUT2D eigenvalue weighted by atomic mass is 35.5. The Hall–Kier alpha value is -3.12. The van der Waals surface area contributed by atoms with Gasteiger partial charge in [-0.2, -0.15) is 0 Å². The van der Waals surface area contributed by atoms with Crippen LogP contribution in [0.4, 0.5) is 9.52 Å². The van der Waals surface area contributed by atoms with Crippen LogP contribution in [0.2, 0.25) is 5.02 Å². The van der Waals surface area contributed by atoms with E-state index in [0.29, 0.717) is 36.3 Å². The van der Waals surface area contributed by atoms with Gasteiger partial charge in [-0.3, -0.25) is 14.5 Å². The van der Waals surface area contributed by atoms with Crippen LogP contribution in [0.3, 0.4) is 0 Å². The number of aliphatic hydroxyl groups is 1. The molecule has 0 saturated heterocycles. The second-order valence-electron chi connectivity index (χ2n) is 8.14. The molecule has 1 amide bonds. The molecule has 0 bridgehead atoms. The number of aromatic nitrogens is 3. The van der Waals surface area contributed by atoms with Gasteiger partial charge in [0.2, 0.25) is 10.9 Å². The number of Topliss-reactive ketones (excluding diaryl/α,β-unsaturated/α-hetero) is 1. The minimum atomic E-state index is -0.955. The Labute approximate surface area is 228 Å². The van der Waals surface area contributed by atoms with Crippen LogP contribution in [0.1, 0.15) is 37.5 Å². The molecule has 0 fully saturated rings. The molecule has 2 aromatic carbocycles. The highest BCUT2D eigenvalue weighted by Crippen LogP contribution is 2.44. The molecule has 1 N–H and O–H groups in total. The third kappa shape index (κ3) is 5.04. The average molecular weight is 573 g/mol. The van der Waals surface area contributed by atoms with E-state index in [4.69, 9.17) is 11.6 Å². The van der Waals surface area contributed by atoms with Crippen molar-refractivity contribution in [1.29, 1.82) is 0 Å². The van der Waals surface area contributed by atoms with Crippen molar-refractivity contribution in [2.45, 2.75) is 30.0 Å². The van der Waals surface area contributed by atoms with Crippen molar-refractivity contribution in [1.82, 2.24) is 15.2 Å². The summed E-state index contributed by atoms with van der Waals surface area (Å²) in [5, 5.41) is 20.7. The van der Waals surface area contributed by atoms with E-state index in [0.717, 1.165) is 16.9 Å². The number of thioether (sulfide) groups is 1. The largest absolute Gasteiger partial charge is 0.503 e. The molecular formula is C25H18ClFN4O3S3. The van der Waals surface area contributed by atoms with E-state index < -0.39 is 23.5 Å². The summed E-state index contributed by atoms with van der Waals surface area (Å²) in [6.45, 7) is 3.50.